The quantitative estimate of drug-likeness (QED) is 0.575. The third-order valence-electron chi connectivity index (χ3n) is 4.56. The molecule has 0 aromatic rings. The van der Waals surface area contributed by atoms with Gasteiger partial charge in [-0.3, -0.25) is 0 Å². The van der Waals surface area contributed by atoms with Gasteiger partial charge in [0.15, 0.2) is 0 Å². The predicted octanol–water partition coefficient (Wildman–Crippen LogP) is 2.35. The average molecular weight is 299 g/mol. The molecule has 0 aliphatic heterocycles. The molecule has 2 aliphatic carbocycles. The average Bonchev–Trinajstić information content (AvgIpc) is 3.30. The summed E-state index contributed by atoms with van der Waals surface area (Å²) < 4.78 is 11.4. The van der Waals surface area contributed by atoms with E-state index in [0.717, 1.165) is 50.9 Å². The molecule has 2 aliphatic rings. The van der Waals surface area contributed by atoms with Crippen molar-refractivity contribution in [2.24, 2.45) is 11.8 Å². The molecule has 1 atom stereocenters. The van der Waals surface area contributed by atoms with E-state index in [1.54, 1.807) is 0 Å². The third-order valence-corrected chi connectivity index (χ3v) is 4.56. The molecule has 2 rings (SSSR count). The maximum absolute atomic E-state index is 9.90. The monoisotopic (exact) mass is 299 g/mol. The van der Waals surface area contributed by atoms with Gasteiger partial charge in [0.2, 0.25) is 0 Å². The second kappa shape index (κ2) is 9.78. The highest BCUT2D eigenvalue weighted by atomic mass is 16.5. The van der Waals surface area contributed by atoms with E-state index >= 15 is 0 Å². The third kappa shape index (κ3) is 8.15. The summed E-state index contributed by atoms with van der Waals surface area (Å²) in [5, 5.41) is 13.2. The Morgan fingerprint density at radius 2 is 1.90 bits per heavy atom. The minimum absolute atomic E-state index is 0.367. The first kappa shape index (κ1) is 17.2. The van der Waals surface area contributed by atoms with E-state index in [9.17, 15) is 5.11 Å². The summed E-state index contributed by atoms with van der Waals surface area (Å²) in [4.78, 5) is 0. The Morgan fingerprint density at radius 1 is 1.14 bits per heavy atom. The Morgan fingerprint density at radius 3 is 2.62 bits per heavy atom. The zero-order valence-electron chi connectivity index (χ0n) is 13.6. The summed E-state index contributed by atoms with van der Waals surface area (Å²) in [6, 6.07) is 0. The maximum Gasteiger partial charge on any atom is 0.0897 e. The molecule has 2 fully saturated rings. The van der Waals surface area contributed by atoms with Crippen LogP contribution < -0.4 is 5.32 Å². The molecule has 0 saturated heterocycles. The summed E-state index contributed by atoms with van der Waals surface area (Å²) >= 11 is 0. The molecule has 0 aromatic heterocycles. The molecule has 4 nitrogen and oxygen atoms in total. The highest BCUT2D eigenvalue weighted by Crippen LogP contribution is 2.28. The van der Waals surface area contributed by atoms with Crippen molar-refractivity contribution in [3.63, 3.8) is 0 Å². The highest BCUT2D eigenvalue weighted by molar-refractivity contribution is 4.72. The summed E-state index contributed by atoms with van der Waals surface area (Å²) in [5.74, 6) is 1.69. The van der Waals surface area contributed by atoms with Crippen LogP contribution in [0.25, 0.3) is 0 Å². The summed E-state index contributed by atoms with van der Waals surface area (Å²) in [5.41, 5.74) is 0. The molecule has 21 heavy (non-hydrogen) atoms. The Bertz CT molecular complexity index is 263. The van der Waals surface area contributed by atoms with Gasteiger partial charge in [-0.15, -0.1) is 0 Å². The second-order valence-electron chi connectivity index (χ2n) is 6.95. The van der Waals surface area contributed by atoms with Gasteiger partial charge in [-0.25, -0.2) is 0 Å². The van der Waals surface area contributed by atoms with Crippen molar-refractivity contribution in [2.75, 3.05) is 32.9 Å². The fourth-order valence-corrected chi connectivity index (χ4v) is 2.80. The molecule has 4 heteroatoms. The van der Waals surface area contributed by atoms with Gasteiger partial charge in [0, 0.05) is 19.8 Å². The van der Waals surface area contributed by atoms with E-state index < -0.39 is 6.10 Å². The maximum atomic E-state index is 9.90. The van der Waals surface area contributed by atoms with Gasteiger partial charge in [-0.2, -0.15) is 0 Å². The molecule has 2 saturated carbocycles. The van der Waals surface area contributed by atoms with E-state index in [1.165, 1.54) is 25.7 Å². The molecule has 0 radical (unpaired) electrons. The first-order chi connectivity index (χ1) is 10.2. The highest BCUT2D eigenvalue weighted by Gasteiger charge is 2.21. The van der Waals surface area contributed by atoms with Crippen LogP contribution in [-0.4, -0.2) is 50.2 Å². The first-order valence-corrected chi connectivity index (χ1v) is 8.82. The Balaban J connectivity index is 1.36. The molecule has 2 N–H and O–H groups in total. The van der Waals surface area contributed by atoms with Gasteiger partial charge in [-0.1, -0.05) is 6.92 Å². The molecule has 0 aromatic carbocycles. The smallest absolute Gasteiger partial charge is 0.0897 e. The SMILES string of the molecule is CC1CCC(OCC(O)CNCCCOCC2CC2)CC1. The zero-order valence-corrected chi connectivity index (χ0v) is 13.6. The molecule has 124 valence electrons. The van der Waals surface area contributed by atoms with Crippen molar-refractivity contribution in [1.82, 2.24) is 5.32 Å². The Labute approximate surface area is 129 Å². The predicted molar refractivity (Wildman–Crippen MR) is 84.4 cm³/mol. The molecule has 0 spiro atoms. The van der Waals surface area contributed by atoms with Gasteiger partial charge >= 0.3 is 0 Å². The van der Waals surface area contributed by atoms with Crippen molar-refractivity contribution in [2.45, 2.75) is 64.1 Å². The van der Waals surface area contributed by atoms with Crippen molar-refractivity contribution >= 4 is 0 Å². The fraction of sp³-hybridized carbons (Fsp3) is 1.00. The largest absolute Gasteiger partial charge is 0.389 e. The number of nitrogens with one attached hydrogen (secondary N) is 1. The van der Waals surface area contributed by atoms with Crippen LogP contribution in [0.2, 0.25) is 0 Å². The van der Waals surface area contributed by atoms with Crippen molar-refractivity contribution in [3.05, 3.63) is 0 Å². The zero-order chi connectivity index (χ0) is 14.9. The van der Waals surface area contributed by atoms with Gasteiger partial charge < -0.3 is 19.9 Å². The van der Waals surface area contributed by atoms with Crippen LogP contribution in [0.4, 0.5) is 0 Å². The number of aliphatic hydroxyl groups is 1. The van der Waals surface area contributed by atoms with Crippen LogP contribution in [0.1, 0.15) is 51.9 Å². The lowest BCUT2D eigenvalue weighted by molar-refractivity contribution is -0.0278. The van der Waals surface area contributed by atoms with Crippen LogP contribution >= 0.6 is 0 Å². The molecular formula is C17H33NO3. The summed E-state index contributed by atoms with van der Waals surface area (Å²) in [7, 11) is 0. The topological polar surface area (TPSA) is 50.7 Å². The molecule has 0 heterocycles. The van der Waals surface area contributed by atoms with E-state index in [2.05, 4.69) is 12.2 Å². The van der Waals surface area contributed by atoms with Crippen LogP contribution in [-0.2, 0) is 9.47 Å². The lowest BCUT2D eigenvalue weighted by Crippen LogP contribution is -2.33. The standard InChI is InChI=1S/C17H33NO3/c1-14-3-7-17(8-4-14)21-13-16(19)11-18-9-2-10-20-12-15-5-6-15/h14-19H,2-13H2,1H3. The second-order valence-corrected chi connectivity index (χ2v) is 6.95. The number of ether oxygens (including phenoxy) is 2. The van der Waals surface area contributed by atoms with E-state index in [1.807, 2.05) is 0 Å². The minimum Gasteiger partial charge on any atom is -0.389 e. The van der Waals surface area contributed by atoms with Crippen molar-refractivity contribution in [3.8, 4) is 0 Å². The Hall–Kier alpha value is -0.160. The van der Waals surface area contributed by atoms with E-state index in [4.69, 9.17) is 9.47 Å². The summed E-state index contributed by atoms with van der Waals surface area (Å²) in [6.45, 7) is 6.06. The van der Waals surface area contributed by atoms with Crippen molar-refractivity contribution in [1.29, 1.82) is 0 Å². The van der Waals surface area contributed by atoms with Crippen LogP contribution in [0.3, 0.4) is 0 Å². The molecule has 0 bridgehead atoms. The van der Waals surface area contributed by atoms with E-state index in [-0.39, 0.29) is 0 Å². The van der Waals surface area contributed by atoms with Gasteiger partial charge in [0.25, 0.3) is 0 Å². The lowest BCUT2D eigenvalue weighted by atomic mass is 9.89. The minimum atomic E-state index is -0.392. The van der Waals surface area contributed by atoms with Crippen LogP contribution in [0.5, 0.6) is 0 Å². The number of hydrogen-bond donors (Lipinski definition) is 2. The van der Waals surface area contributed by atoms with Crippen molar-refractivity contribution < 1.29 is 14.6 Å². The fourth-order valence-electron chi connectivity index (χ4n) is 2.80. The first-order valence-electron chi connectivity index (χ1n) is 8.82. The number of aliphatic hydroxyl groups excluding tert-OH is 1. The van der Waals surface area contributed by atoms with Gasteiger partial charge in [0.05, 0.1) is 18.8 Å². The van der Waals surface area contributed by atoms with Gasteiger partial charge in [-0.05, 0) is 63.3 Å². The van der Waals surface area contributed by atoms with Crippen LogP contribution in [0, 0.1) is 11.8 Å². The lowest BCUT2D eigenvalue weighted by Gasteiger charge is -2.27. The van der Waals surface area contributed by atoms with Gasteiger partial charge in [0.1, 0.15) is 0 Å². The Kier molecular flexibility index (Phi) is 8.01. The van der Waals surface area contributed by atoms with E-state index in [0.29, 0.717) is 19.3 Å². The number of hydrogen-bond acceptors (Lipinski definition) is 4. The van der Waals surface area contributed by atoms with Crippen LogP contribution in [0.15, 0.2) is 0 Å². The number of rotatable bonds is 11. The molecule has 1 unspecified atom stereocenters. The molecule has 0 amide bonds. The normalized spacial score (nSPS) is 27.7. The summed E-state index contributed by atoms with van der Waals surface area (Å²) in [6.07, 6.45) is 8.53. The molecular weight excluding hydrogens is 266 g/mol.